The van der Waals surface area contributed by atoms with Crippen molar-refractivity contribution in [1.82, 2.24) is 5.32 Å². The minimum absolute atomic E-state index is 0.356. The topological polar surface area (TPSA) is 73.6 Å². The molecule has 0 radical (unpaired) electrons. The van der Waals surface area contributed by atoms with E-state index in [0.717, 1.165) is 19.4 Å². The maximum absolute atomic E-state index is 11.9. The fourth-order valence-electron chi connectivity index (χ4n) is 1.60. The van der Waals surface area contributed by atoms with Gasteiger partial charge in [0.15, 0.2) is 0 Å². The van der Waals surface area contributed by atoms with Crippen LogP contribution in [0.2, 0.25) is 0 Å². The smallest absolute Gasteiger partial charge is 0.338 e. The van der Waals surface area contributed by atoms with Crippen LogP contribution in [0.25, 0.3) is 0 Å². The van der Waals surface area contributed by atoms with Crippen LogP contribution in [0.3, 0.4) is 0 Å². The summed E-state index contributed by atoms with van der Waals surface area (Å²) in [5.41, 5.74) is 6.78. The van der Waals surface area contributed by atoms with E-state index in [0.29, 0.717) is 36.8 Å². The molecular weight excluding hydrogens is 256 g/mol. The van der Waals surface area contributed by atoms with Crippen LogP contribution in [0.15, 0.2) is 18.2 Å². The molecule has 0 saturated carbocycles. The Morgan fingerprint density at radius 3 is 2.70 bits per heavy atom. The molecule has 0 aromatic heterocycles. The first-order valence-electron chi connectivity index (χ1n) is 7.09. The zero-order valence-electron chi connectivity index (χ0n) is 12.3. The lowest BCUT2D eigenvalue weighted by Crippen LogP contribution is -2.22. The quantitative estimate of drug-likeness (QED) is 0.412. The minimum atomic E-state index is -0.357. The Kier molecular flexibility index (Phi) is 7.50. The van der Waals surface area contributed by atoms with Crippen LogP contribution in [0.4, 0.5) is 5.69 Å². The zero-order chi connectivity index (χ0) is 14.8. The third-order valence-electron chi connectivity index (χ3n) is 2.65. The highest BCUT2D eigenvalue weighted by atomic mass is 16.5. The summed E-state index contributed by atoms with van der Waals surface area (Å²) in [5.74, 6) is 0.176. The average Bonchev–Trinajstić information content (AvgIpc) is 2.46. The first kappa shape index (κ1) is 16.3. The molecule has 0 aliphatic heterocycles. The number of hydrogen-bond acceptors (Lipinski definition) is 5. The molecule has 0 bridgehead atoms. The SMILES string of the molecule is CCCNCCOC(=O)c1ccc(N)c(OCCC)c1. The van der Waals surface area contributed by atoms with Gasteiger partial charge in [0, 0.05) is 6.54 Å². The summed E-state index contributed by atoms with van der Waals surface area (Å²) < 4.78 is 10.7. The van der Waals surface area contributed by atoms with E-state index >= 15 is 0 Å². The number of ether oxygens (including phenoxy) is 2. The molecule has 0 aliphatic rings. The molecule has 5 nitrogen and oxygen atoms in total. The standard InChI is InChI=1S/C15H24N2O3/c1-3-7-17-8-10-20-15(18)12-5-6-13(16)14(11-12)19-9-4-2/h5-6,11,17H,3-4,7-10,16H2,1-2H3. The van der Waals surface area contributed by atoms with Crippen LogP contribution in [0.1, 0.15) is 37.0 Å². The molecule has 0 amide bonds. The van der Waals surface area contributed by atoms with Crippen molar-refractivity contribution in [3.05, 3.63) is 23.8 Å². The number of hydrogen-bond donors (Lipinski definition) is 2. The van der Waals surface area contributed by atoms with E-state index < -0.39 is 0 Å². The molecule has 3 N–H and O–H groups in total. The van der Waals surface area contributed by atoms with E-state index in [1.807, 2.05) is 6.92 Å². The molecule has 20 heavy (non-hydrogen) atoms. The predicted molar refractivity (Wildman–Crippen MR) is 80.1 cm³/mol. The molecule has 1 aromatic carbocycles. The van der Waals surface area contributed by atoms with Crippen molar-refractivity contribution >= 4 is 11.7 Å². The van der Waals surface area contributed by atoms with Gasteiger partial charge in [-0.25, -0.2) is 4.79 Å². The molecule has 0 fully saturated rings. The lowest BCUT2D eigenvalue weighted by molar-refractivity contribution is 0.0508. The van der Waals surface area contributed by atoms with Gasteiger partial charge in [-0.1, -0.05) is 13.8 Å². The number of carbonyl (C=O) groups is 1. The van der Waals surface area contributed by atoms with Crippen LogP contribution in [-0.2, 0) is 4.74 Å². The van der Waals surface area contributed by atoms with Crippen molar-refractivity contribution in [2.45, 2.75) is 26.7 Å². The van der Waals surface area contributed by atoms with Crippen molar-refractivity contribution in [2.24, 2.45) is 0 Å². The number of nitrogen functional groups attached to an aromatic ring is 1. The second-order valence-electron chi connectivity index (χ2n) is 4.49. The monoisotopic (exact) mass is 280 g/mol. The molecule has 0 saturated heterocycles. The fourth-order valence-corrected chi connectivity index (χ4v) is 1.60. The number of esters is 1. The van der Waals surface area contributed by atoms with Crippen molar-refractivity contribution in [1.29, 1.82) is 0 Å². The van der Waals surface area contributed by atoms with E-state index in [4.69, 9.17) is 15.2 Å². The van der Waals surface area contributed by atoms with Gasteiger partial charge >= 0.3 is 5.97 Å². The maximum Gasteiger partial charge on any atom is 0.338 e. The van der Waals surface area contributed by atoms with Gasteiger partial charge in [-0.05, 0) is 37.6 Å². The third kappa shape index (κ3) is 5.48. The number of anilines is 1. The number of rotatable bonds is 9. The highest BCUT2D eigenvalue weighted by Crippen LogP contribution is 2.23. The number of nitrogens with two attached hydrogens (primary N) is 1. The summed E-state index contributed by atoms with van der Waals surface area (Å²) in [6, 6.07) is 4.94. The normalized spacial score (nSPS) is 10.3. The third-order valence-corrected chi connectivity index (χ3v) is 2.65. The number of benzene rings is 1. The molecule has 0 aliphatic carbocycles. The van der Waals surface area contributed by atoms with Crippen molar-refractivity contribution in [2.75, 3.05) is 32.0 Å². The summed E-state index contributed by atoms with van der Waals surface area (Å²) >= 11 is 0. The molecule has 112 valence electrons. The van der Waals surface area contributed by atoms with E-state index in [9.17, 15) is 4.79 Å². The Hall–Kier alpha value is -1.75. The lowest BCUT2D eigenvalue weighted by Gasteiger charge is -2.10. The van der Waals surface area contributed by atoms with E-state index in [1.54, 1.807) is 18.2 Å². The summed E-state index contributed by atoms with van der Waals surface area (Å²) in [5, 5.41) is 3.17. The Balaban J connectivity index is 2.50. The van der Waals surface area contributed by atoms with Gasteiger partial charge in [-0.15, -0.1) is 0 Å². The Labute approximate surface area is 120 Å². The van der Waals surface area contributed by atoms with Gasteiger partial charge in [-0.3, -0.25) is 0 Å². The maximum atomic E-state index is 11.9. The van der Waals surface area contributed by atoms with Crippen LogP contribution >= 0.6 is 0 Å². The van der Waals surface area contributed by atoms with Gasteiger partial charge in [0.05, 0.1) is 17.9 Å². The predicted octanol–water partition coefficient (Wildman–Crippen LogP) is 2.21. The second-order valence-corrected chi connectivity index (χ2v) is 4.49. The molecule has 5 heteroatoms. The van der Waals surface area contributed by atoms with Crippen LogP contribution < -0.4 is 15.8 Å². The molecule has 1 aromatic rings. The second kappa shape index (κ2) is 9.20. The first-order valence-corrected chi connectivity index (χ1v) is 7.09. The average molecular weight is 280 g/mol. The molecule has 0 atom stereocenters. The van der Waals surface area contributed by atoms with Gasteiger partial charge in [0.1, 0.15) is 12.4 Å². The Morgan fingerprint density at radius 2 is 2.00 bits per heavy atom. The largest absolute Gasteiger partial charge is 0.491 e. The van der Waals surface area contributed by atoms with Gasteiger partial charge in [-0.2, -0.15) is 0 Å². The number of carbonyl (C=O) groups excluding carboxylic acids is 1. The Bertz CT molecular complexity index is 422. The molecule has 0 spiro atoms. The van der Waals surface area contributed by atoms with Crippen molar-refractivity contribution < 1.29 is 14.3 Å². The molecular formula is C15H24N2O3. The van der Waals surface area contributed by atoms with Crippen LogP contribution in [-0.4, -0.2) is 32.3 Å². The van der Waals surface area contributed by atoms with Crippen LogP contribution in [0, 0.1) is 0 Å². The van der Waals surface area contributed by atoms with E-state index in [2.05, 4.69) is 12.2 Å². The fraction of sp³-hybridized carbons (Fsp3) is 0.533. The first-order chi connectivity index (χ1) is 9.69. The number of nitrogens with one attached hydrogen (secondary N) is 1. The van der Waals surface area contributed by atoms with Crippen LogP contribution in [0.5, 0.6) is 5.75 Å². The molecule has 1 rings (SSSR count). The molecule has 0 unspecified atom stereocenters. The lowest BCUT2D eigenvalue weighted by atomic mass is 10.2. The van der Waals surface area contributed by atoms with Gasteiger partial charge in [0.25, 0.3) is 0 Å². The summed E-state index contributed by atoms with van der Waals surface area (Å²) in [6.07, 6.45) is 1.95. The zero-order valence-corrected chi connectivity index (χ0v) is 12.3. The van der Waals surface area contributed by atoms with Crippen molar-refractivity contribution in [3.63, 3.8) is 0 Å². The molecule has 0 heterocycles. The van der Waals surface area contributed by atoms with Crippen molar-refractivity contribution in [3.8, 4) is 5.75 Å². The van der Waals surface area contributed by atoms with Gasteiger partial charge < -0.3 is 20.5 Å². The minimum Gasteiger partial charge on any atom is -0.491 e. The van der Waals surface area contributed by atoms with E-state index in [-0.39, 0.29) is 5.97 Å². The highest BCUT2D eigenvalue weighted by Gasteiger charge is 2.10. The van der Waals surface area contributed by atoms with E-state index in [1.165, 1.54) is 0 Å². The highest BCUT2D eigenvalue weighted by molar-refractivity contribution is 5.90. The summed E-state index contributed by atoms with van der Waals surface area (Å²) in [4.78, 5) is 11.9. The Morgan fingerprint density at radius 1 is 1.20 bits per heavy atom. The summed E-state index contributed by atoms with van der Waals surface area (Å²) in [7, 11) is 0. The van der Waals surface area contributed by atoms with Gasteiger partial charge in [0.2, 0.25) is 0 Å². The summed E-state index contributed by atoms with van der Waals surface area (Å²) in [6.45, 7) is 6.61.